The number of morpholine rings is 1. The van der Waals surface area contributed by atoms with Gasteiger partial charge in [-0.25, -0.2) is 0 Å². The van der Waals surface area contributed by atoms with Gasteiger partial charge in [0.1, 0.15) is 5.76 Å². The van der Waals surface area contributed by atoms with Crippen molar-refractivity contribution >= 4 is 0 Å². The SMILES string of the molecule is CN1CCOC(C(N)Cc2ccco2)C1. The maximum absolute atomic E-state index is 6.09. The van der Waals surface area contributed by atoms with Crippen molar-refractivity contribution in [1.29, 1.82) is 0 Å². The van der Waals surface area contributed by atoms with E-state index in [9.17, 15) is 0 Å². The van der Waals surface area contributed by atoms with E-state index < -0.39 is 0 Å². The molecular weight excluding hydrogens is 192 g/mol. The summed E-state index contributed by atoms with van der Waals surface area (Å²) in [5.74, 6) is 0.930. The first kappa shape index (κ1) is 10.7. The van der Waals surface area contributed by atoms with Gasteiger partial charge in [0.05, 0.1) is 19.0 Å². The summed E-state index contributed by atoms with van der Waals surface area (Å²) in [5.41, 5.74) is 6.09. The van der Waals surface area contributed by atoms with Crippen molar-refractivity contribution in [2.75, 3.05) is 26.7 Å². The number of nitrogens with two attached hydrogens (primary N) is 1. The van der Waals surface area contributed by atoms with Crippen LogP contribution in [0.5, 0.6) is 0 Å². The molecule has 0 bridgehead atoms. The van der Waals surface area contributed by atoms with Gasteiger partial charge in [0.2, 0.25) is 0 Å². The fourth-order valence-corrected chi connectivity index (χ4v) is 1.86. The van der Waals surface area contributed by atoms with Gasteiger partial charge in [0, 0.05) is 25.6 Å². The van der Waals surface area contributed by atoms with E-state index in [1.54, 1.807) is 6.26 Å². The molecule has 0 spiro atoms. The van der Waals surface area contributed by atoms with Crippen LogP contribution in [0.4, 0.5) is 0 Å². The average molecular weight is 210 g/mol. The van der Waals surface area contributed by atoms with Gasteiger partial charge in [0.25, 0.3) is 0 Å². The minimum absolute atomic E-state index is 0.0129. The lowest BCUT2D eigenvalue weighted by Gasteiger charge is -2.33. The van der Waals surface area contributed by atoms with Crippen LogP contribution >= 0.6 is 0 Å². The van der Waals surface area contributed by atoms with Gasteiger partial charge in [-0.2, -0.15) is 0 Å². The van der Waals surface area contributed by atoms with Gasteiger partial charge in [-0.15, -0.1) is 0 Å². The molecule has 1 aliphatic rings. The molecule has 2 rings (SSSR count). The van der Waals surface area contributed by atoms with E-state index >= 15 is 0 Å². The summed E-state index contributed by atoms with van der Waals surface area (Å²) in [6.45, 7) is 2.67. The predicted octanol–water partition coefficient (Wildman–Crippen LogP) is 0.480. The number of ether oxygens (including phenoxy) is 1. The van der Waals surface area contributed by atoms with Gasteiger partial charge < -0.3 is 19.8 Å². The third-order valence-corrected chi connectivity index (χ3v) is 2.79. The molecule has 0 aliphatic carbocycles. The molecular formula is C11H18N2O2. The minimum Gasteiger partial charge on any atom is -0.469 e. The molecule has 2 heterocycles. The highest BCUT2D eigenvalue weighted by molar-refractivity contribution is 5.01. The van der Waals surface area contributed by atoms with Gasteiger partial charge >= 0.3 is 0 Å². The van der Waals surface area contributed by atoms with E-state index in [-0.39, 0.29) is 12.1 Å². The van der Waals surface area contributed by atoms with Crippen molar-refractivity contribution in [3.8, 4) is 0 Å². The Hall–Kier alpha value is -0.840. The monoisotopic (exact) mass is 210 g/mol. The van der Waals surface area contributed by atoms with Gasteiger partial charge in [0.15, 0.2) is 0 Å². The Kier molecular flexibility index (Phi) is 3.41. The van der Waals surface area contributed by atoms with Crippen LogP contribution in [0.15, 0.2) is 22.8 Å². The zero-order valence-electron chi connectivity index (χ0n) is 9.06. The molecule has 1 aromatic rings. The second-order valence-electron chi connectivity index (χ2n) is 4.12. The lowest BCUT2D eigenvalue weighted by atomic mass is 10.1. The molecule has 4 nitrogen and oxygen atoms in total. The highest BCUT2D eigenvalue weighted by Gasteiger charge is 2.24. The number of hydrogen-bond acceptors (Lipinski definition) is 4. The molecule has 1 aliphatic heterocycles. The standard InChI is InChI=1S/C11H18N2O2/c1-13-4-6-15-11(8-13)10(12)7-9-3-2-5-14-9/h2-3,5,10-11H,4,6-8,12H2,1H3. The van der Waals surface area contributed by atoms with Crippen molar-refractivity contribution in [3.63, 3.8) is 0 Å². The average Bonchev–Trinajstić information content (AvgIpc) is 2.70. The summed E-state index contributed by atoms with van der Waals surface area (Å²) in [6, 6.07) is 3.85. The second-order valence-corrected chi connectivity index (χ2v) is 4.12. The summed E-state index contributed by atoms with van der Waals surface area (Å²) in [7, 11) is 2.09. The second kappa shape index (κ2) is 4.79. The molecule has 1 saturated heterocycles. The molecule has 1 aromatic heterocycles. The van der Waals surface area contributed by atoms with Gasteiger partial charge in [-0.3, -0.25) is 0 Å². The van der Waals surface area contributed by atoms with Crippen LogP contribution in [0.2, 0.25) is 0 Å². The van der Waals surface area contributed by atoms with Crippen LogP contribution in [0, 0.1) is 0 Å². The highest BCUT2D eigenvalue weighted by Crippen LogP contribution is 2.11. The summed E-state index contributed by atoms with van der Waals surface area (Å²) in [4.78, 5) is 2.25. The van der Waals surface area contributed by atoms with Crippen LogP contribution in [-0.4, -0.2) is 43.8 Å². The number of nitrogens with zero attached hydrogens (tertiary/aromatic N) is 1. The Morgan fingerprint density at radius 3 is 3.20 bits per heavy atom. The van der Waals surface area contributed by atoms with Crippen LogP contribution in [0.25, 0.3) is 0 Å². The Bertz CT molecular complexity index is 287. The number of rotatable bonds is 3. The first-order valence-electron chi connectivity index (χ1n) is 5.34. The summed E-state index contributed by atoms with van der Waals surface area (Å²) in [6.07, 6.45) is 2.54. The first-order valence-corrected chi connectivity index (χ1v) is 5.34. The summed E-state index contributed by atoms with van der Waals surface area (Å²) >= 11 is 0. The quantitative estimate of drug-likeness (QED) is 0.788. The predicted molar refractivity (Wildman–Crippen MR) is 57.6 cm³/mol. The molecule has 0 radical (unpaired) electrons. The molecule has 15 heavy (non-hydrogen) atoms. The van der Waals surface area contributed by atoms with Gasteiger partial charge in [-0.1, -0.05) is 0 Å². The van der Waals surface area contributed by atoms with Crippen molar-refractivity contribution in [3.05, 3.63) is 24.2 Å². The van der Waals surface area contributed by atoms with Crippen molar-refractivity contribution < 1.29 is 9.15 Å². The third-order valence-electron chi connectivity index (χ3n) is 2.79. The van der Waals surface area contributed by atoms with Crippen LogP contribution in [-0.2, 0) is 11.2 Å². The van der Waals surface area contributed by atoms with E-state index in [2.05, 4.69) is 11.9 Å². The van der Waals surface area contributed by atoms with Crippen LogP contribution in [0.3, 0.4) is 0 Å². The molecule has 2 unspecified atom stereocenters. The van der Waals surface area contributed by atoms with E-state index in [0.29, 0.717) is 0 Å². The van der Waals surface area contributed by atoms with Crippen LogP contribution < -0.4 is 5.73 Å². The lowest BCUT2D eigenvalue weighted by molar-refractivity contribution is -0.0325. The zero-order valence-corrected chi connectivity index (χ0v) is 9.06. The van der Waals surface area contributed by atoms with Crippen LogP contribution in [0.1, 0.15) is 5.76 Å². The van der Waals surface area contributed by atoms with E-state index in [4.69, 9.17) is 14.9 Å². The molecule has 2 N–H and O–H groups in total. The molecule has 84 valence electrons. The fraction of sp³-hybridized carbons (Fsp3) is 0.636. The van der Waals surface area contributed by atoms with Gasteiger partial charge in [-0.05, 0) is 19.2 Å². The zero-order chi connectivity index (χ0) is 10.7. The smallest absolute Gasteiger partial charge is 0.105 e. The molecule has 0 amide bonds. The maximum Gasteiger partial charge on any atom is 0.105 e. The molecule has 0 aromatic carbocycles. The number of hydrogen-bond donors (Lipinski definition) is 1. The first-order chi connectivity index (χ1) is 7.25. The summed E-state index contributed by atoms with van der Waals surface area (Å²) < 4.78 is 10.9. The fourth-order valence-electron chi connectivity index (χ4n) is 1.86. The number of likely N-dealkylation sites (N-methyl/N-ethyl adjacent to an activating group) is 1. The molecule has 0 saturated carbocycles. The van der Waals surface area contributed by atoms with Crippen molar-refractivity contribution in [2.24, 2.45) is 5.73 Å². The maximum atomic E-state index is 6.09. The minimum atomic E-state index is 0.0129. The molecule has 1 fully saturated rings. The van der Waals surface area contributed by atoms with Crippen molar-refractivity contribution in [1.82, 2.24) is 4.90 Å². The summed E-state index contributed by atoms with van der Waals surface area (Å²) in [5, 5.41) is 0. The largest absolute Gasteiger partial charge is 0.469 e. The van der Waals surface area contributed by atoms with E-state index in [1.165, 1.54) is 0 Å². The normalized spacial score (nSPS) is 25.3. The topological polar surface area (TPSA) is 51.6 Å². The third kappa shape index (κ3) is 2.81. The number of furan rings is 1. The Labute approximate surface area is 90.0 Å². The highest BCUT2D eigenvalue weighted by atomic mass is 16.5. The lowest BCUT2D eigenvalue weighted by Crippen LogP contribution is -2.50. The Morgan fingerprint density at radius 2 is 2.53 bits per heavy atom. The van der Waals surface area contributed by atoms with E-state index in [0.717, 1.165) is 31.9 Å². The molecule has 2 atom stereocenters. The Morgan fingerprint density at radius 1 is 1.67 bits per heavy atom. The molecule has 4 heteroatoms. The van der Waals surface area contributed by atoms with E-state index in [1.807, 2.05) is 12.1 Å². The Balaban J connectivity index is 1.87. The van der Waals surface area contributed by atoms with Crippen molar-refractivity contribution in [2.45, 2.75) is 18.6 Å².